The molecule has 0 radical (unpaired) electrons. The Balaban J connectivity index is 1.50. The fourth-order valence-corrected chi connectivity index (χ4v) is 3.85. The third-order valence-electron chi connectivity index (χ3n) is 5.21. The number of nitrogens with one attached hydrogen (secondary N) is 2. The van der Waals surface area contributed by atoms with Crippen molar-refractivity contribution in [1.82, 2.24) is 25.1 Å². The first-order chi connectivity index (χ1) is 14.5. The van der Waals surface area contributed by atoms with Crippen molar-refractivity contribution in [1.29, 1.82) is 0 Å². The average Bonchev–Trinajstić information content (AvgIpc) is 3.15. The van der Waals surface area contributed by atoms with Crippen molar-refractivity contribution in [3.05, 3.63) is 51.7 Å². The molecule has 1 unspecified atom stereocenters. The van der Waals surface area contributed by atoms with Crippen molar-refractivity contribution in [2.45, 2.75) is 31.7 Å². The van der Waals surface area contributed by atoms with E-state index >= 15 is 0 Å². The lowest BCUT2D eigenvalue weighted by atomic mass is 10.1. The number of aromatic nitrogens is 4. The third kappa shape index (κ3) is 4.50. The van der Waals surface area contributed by atoms with Crippen molar-refractivity contribution in [3.8, 4) is 5.75 Å². The van der Waals surface area contributed by atoms with E-state index in [9.17, 15) is 4.79 Å². The minimum atomic E-state index is -0.239. The number of hydrogen-bond donors (Lipinski definition) is 2. The molecule has 1 saturated heterocycles. The van der Waals surface area contributed by atoms with E-state index in [1.807, 2.05) is 38.1 Å². The van der Waals surface area contributed by atoms with Crippen LogP contribution in [0.3, 0.4) is 0 Å². The Labute approximate surface area is 179 Å². The summed E-state index contributed by atoms with van der Waals surface area (Å²) in [7, 11) is 0. The summed E-state index contributed by atoms with van der Waals surface area (Å²) >= 11 is 6.29. The van der Waals surface area contributed by atoms with E-state index in [0.717, 1.165) is 30.1 Å². The van der Waals surface area contributed by atoms with E-state index in [-0.39, 0.29) is 17.0 Å². The first kappa shape index (κ1) is 20.8. The highest BCUT2D eigenvalue weighted by molar-refractivity contribution is 6.20. The minimum Gasteiger partial charge on any atom is -0.492 e. The highest BCUT2D eigenvalue weighted by Gasteiger charge is 2.20. The van der Waals surface area contributed by atoms with Gasteiger partial charge in [0.1, 0.15) is 29.2 Å². The fourth-order valence-electron chi connectivity index (χ4n) is 3.56. The van der Waals surface area contributed by atoms with Crippen LogP contribution in [-0.4, -0.2) is 63.5 Å². The largest absolute Gasteiger partial charge is 0.492 e. The number of aromatic amines is 2. The topological polar surface area (TPSA) is 96.1 Å². The van der Waals surface area contributed by atoms with Gasteiger partial charge < -0.3 is 14.5 Å². The molecule has 1 atom stereocenters. The molecule has 0 saturated carbocycles. The molecule has 1 fully saturated rings. The molecule has 30 heavy (non-hydrogen) atoms. The predicted octanol–water partition coefficient (Wildman–Crippen LogP) is 2.64. The van der Waals surface area contributed by atoms with Gasteiger partial charge in [0.2, 0.25) is 0 Å². The number of ether oxygens (including phenoxy) is 2. The van der Waals surface area contributed by atoms with Gasteiger partial charge in [0.25, 0.3) is 5.56 Å². The van der Waals surface area contributed by atoms with Gasteiger partial charge in [-0.05, 0) is 12.0 Å². The summed E-state index contributed by atoms with van der Waals surface area (Å²) in [6, 6.07) is 7.80. The molecule has 1 aromatic carbocycles. The lowest BCUT2D eigenvalue weighted by Gasteiger charge is -2.31. The maximum atomic E-state index is 12.5. The number of morpholine rings is 1. The number of benzene rings is 1. The SMILES string of the molecule is CC(C)c1[nH]nc2c(=O)[nH]c(Cc3ccccc3OCCN3CCOCC3Cl)nc12. The average molecular weight is 432 g/mol. The van der Waals surface area contributed by atoms with Gasteiger partial charge in [-0.1, -0.05) is 32.0 Å². The van der Waals surface area contributed by atoms with Crippen LogP contribution in [0.2, 0.25) is 0 Å². The number of halogens is 1. The van der Waals surface area contributed by atoms with Crippen LogP contribution in [0.15, 0.2) is 29.1 Å². The maximum absolute atomic E-state index is 12.5. The Hall–Kier alpha value is -2.42. The number of rotatable bonds is 7. The Morgan fingerprint density at radius 1 is 1.33 bits per heavy atom. The molecule has 0 spiro atoms. The van der Waals surface area contributed by atoms with Crippen LogP contribution in [0, 0.1) is 0 Å². The summed E-state index contributed by atoms with van der Waals surface area (Å²) in [5, 5.41) is 7.05. The summed E-state index contributed by atoms with van der Waals surface area (Å²) < 4.78 is 11.4. The van der Waals surface area contributed by atoms with E-state index in [2.05, 4.69) is 25.1 Å². The zero-order valence-electron chi connectivity index (χ0n) is 17.2. The van der Waals surface area contributed by atoms with Crippen LogP contribution in [-0.2, 0) is 11.2 Å². The van der Waals surface area contributed by atoms with Gasteiger partial charge >= 0.3 is 0 Å². The molecule has 1 aliphatic rings. The molecular weight excluding hydrogens is 406 g/mol. The lowest BCUT2D eigenvalue weighted by Crippen LogP contribution is -2.44. The van der Waals surface area contributed by atoms with Crippen LogP contribution in [0.1, 0.15) is 36.8 Å². The molecule has 2 aromatic heterocycles. The number of nitrogens with zero attached hydrogens (tertiary/aromatic N) is 3. The van der Waals surface area contributed by atoms with Crippen molar-refractivity contribution >= 4 is 22.6 Å². The van der Waals surface area contributed by atoms with Crippen molar-refractivity contribution in [3.63, 3.8) is 0 Å². The van der Waals surface area contributed by atoms with Gasteiger partial charge in [-0.3, -0.25) is 14.8 Å². The van der Waals surface area contributed by atoms with Crippen LogP contribution in [0.4, 0.5) is 0 Å². The molecule has 160 valence electrons. The van der Waals surface area contributed by atoms with Gasteiger partial charge in [0, 0.05) is 25.1 Å². The molecule has 8 nitrogen and oxygen atoms in total. The van der Waals surface area contributed by atoms with Crippen LogP contribution in [0.5, 0.6) is 5.75 Å². The molecular formula is C21H26ClN5O3. The second-order valence-electron chi connectivity index (χ2n) is 7.68. The van der Waals surface area contributed by atoms with Gasteiger partial charge in [-0.2, -0.15) is 5.10 Å². The Morgan fingerprint density at radius 2 is 2.17 bits per heavy atom. The Morgan fingerprint density at radius 3 is 2.97 bits per heavy atom. The summed E-state index contributed by atoms with van der Waals surface area (Å²) in [6.07, 6.45) is 0.458. The van der Waals surface area contributed by atoms with E-state index in [1.54, 1.807) is 0 Å². The zero-order chi connectivity index (χ0) is 21.1. The quantitative estimate of drug-likeness (QED) is 0.441. The van der Waals surface area contributed by atoms with Crippen molar-refractivity contribution in [2.24, 2.45) is 0 Å². The van der Waals surface area contributed by atoms with Gasteiger partial charge in [0.05, 0.1) is 18.9 Å². The molecule has 3 heterocycles. The monoisotopic (exact) mass is 431 g/mol. The molecule has 0 aliphatic carbocycles. The van der Waals surface area contributed by atoms with E-state index in [4.69, 9.17) is 21.1 Å². The first-order valence-electron chi connectivity index (χ1n) is 10.2. The summed E-state index contributed by atoms with van der Waals surface area (Å²) in [6.45, 7) is 7.34. The number of alkyl halides is 1. The molecule has 4 rings (SSSR count). The van der Waals surface area contributed by atoms with E-state index in [1.165, 1.54) is 0 Å². The standard InChI is InChI=1S/C21H26ClN5O3/c1-13(2)18-19-20(26-25-18)21(28)24-17(23-19)11-14-5-3-4-6-15(14)30-10-8-27-7-9-29-12-16(27)22/h3-6,13,16H,7-12H2,1-2H3,(H,25,26)(H,23,24,28). The summed E-state index contributed by atoms with van der Waals surface area (Å²) in [5.74, 6) is 1.55. The van der Waals surface area contributed by atoms with Crippen LogP contribution in [0.25, 0.3) is 11.0 Å². The summed E-state index contributed by atoms with van der Waals surface area (Å²) in [5.41, 5.74) is 2.43. The van der Waals surface area contributed by atoms with E-state index < -0.39 is 0 Å². The Bertz CT molecular complexity index is 1060. The molecule has 1 aliphatic heterocycles. The number of fused-ring (bicyclic) bond motifs is 1. The Kier molecular flexibility index (Phi) is 6.36. The first-order valence-corrected chi connectivity index (χ1v) is 10.6. The van der Waals surface area contributed by atoms with Crippen LogP contribution >= 0.6 is 11.6 Å². The van der Waals surface area contributed by atoms with Crippen molar-refractivity contribution in [2.75, 3.05) is 32.9 Å². The van der Waals surface area contributed by atoms with E-state index in [0.29, 0.717) is 43.1 Å². The van der Waals surface area contributed by atoms with Gasteiger partial charge in [-0.25, -0.2) is 4.98 Å². The molecule has 2 N–H and O–H groups in total. The molecule has 0 amide bonds. The number of H-pyrrole nitrogens is 2. The highest BCUT2D eigenvalue weighted by Crippen LogP contribution is 2.23. The normalized spacial score (nSPS) is 17.7. The summed E-state index contributed by atoms with van der Waals surface area (Å²) in [4.78, 5) is 22.1. The van der Waals surface area contributed by atoms with Crippen LogP contribution < -0.4 is 10.3 Å². The minimum absolute atomic E-state index is 0.122. The molecule has 9 heteroatoms. The fraction of sp³-hybridized carbons (Fsp3) is 0.476. The highest BCUT2D eigenvalue weighted by atomic mass is 35.5. The van der Waals surface area contributed by atoms with Gasteiger partial charge in [0.15, 0.2) is 5.52 Å². The van der Waals surface area contributed by atoms with Crippen molar-refractivity contribution < 1.29 is 9.47 Å². The molecule has 0 bridgehead atoms. The second kappa shape index (κ2) is 9.16. The smallest absolute Gasteiger partial charge is 0.279 e. The number of para-hydroxylation sites is 1. The number of hydrogen-bond acceptors (Lipinski definition) is 6. The van der Waals surface area contributed by atoms with Gasteiger partial charge in [-0.15, -0.1) is 11.6 Å². The predicted molar refractivity (Wildman–Crippen MR) is 115 cm³/mol. The second-order valence-corrected chi connectivity index (χ2v) is 8.18. The zero-order valence-corrected chi connectivity index (χ0v) is 17.9. The molecule has 3 aromatic rings. The lowest BCUT2D eigenvalue weighted by molar-refractivity contribution is 0.0167. The third-order valence-corrected chi connectivity index (χ3v) is 5.61. The maximum Gasteiger partial charge on any atom is 0.279 e.